The molecule has 57 heavy (non-hydrogen) atoms. The third kappa shape index (κ3) is 12.3. The molecule has 300 valence electrons. The number of hydrogen-bond acceptors (Lipinski definition) is 9. The van der Waals surface area contributed by atoms with Gasteiger partial charge < -0.3 is 14.2 Å². The second kappa shape index (κ2) is 19.8. The molecule has 0 saturated heterocycles. The van der Waals surface area contributed by atoms with E-state index < -0.39 is 49.3 Å². The van der Waals surface area contributed by atoms with Gasteiger partial charge in [-0.25, -0.2) is 25.3 Å². The fraction of sp³-hybridized carbons (Fsp3) is 0.0769. The van der Waals surface area contributed by atoms with Crippen molar-refractivity contribution in [1.29, 1.82) is 0 Å². The van der Waals surface area contributed by atoms with Crippen LogP contribution in [0.1, 0.15) is 0 Å². The minimum Gasteiger partial charge on any atom is -0.435 e. The van der Waals surface area contributed by atoms with Crippen LogP contribution >= 0.6 is 0 Å². The molecule has 18 heteroatoms. The summed E-state index contributed by atoms with van der Waals surface area (Å²) in [5, 5.41) is 0. The van der Waals surface area contributed by atoms with Crippen LogP contribution in [0.3, 0.4) is 0 Å². The lowest BCUT2D eigenvalue weighted by Crippen LogP contribution is -2.08. The number of hydrogen-bond donors (Lipinski definition) is 0. The van der Waals surface area contributed by atoms with Crippen LogP contribution in [0.4, 0.5) is 26.3 Å². The molecule has 6 aromatic rings. The Labute approximate surface area is 324 Å². The highest BCUT2D eigenvalue weighted by atomic mass is 32.2. The zero-order valence-corrected chi connectivity index (χ0v) is 31.4. The molecule has 0 unspecified atom stereocenters. The Hall–Kier alpha value is -5.85. The maximum absolute atomic E-state index is 12.3. The Kier molecular flexibility index (Phi) is 15.3. The summed E-state index contributed by atoms with van der Waals surface area (Å²) < 4.78 is 159. The first-order chi connectivity index (χ1) is 27.0. The molecule has 0 N–H and O–H groups in total. The van der Waals surface area contributed by atoms with Crippen LogP contribution < -0.4 is 14.2 Å². The van der Waals surface area contributed by atoms with Gasteiger partial charge >= 0.3 is 19.8 Å². The van der Waals surface area contributed by atoms with E-state index in [4.69, 9.17) is 0 Å². The number of sulfone groups is 3. The van der Waals surface area contributed by atoms with E-state index >= 15 is 0 Å². The maximum atomic E-state index is 12.3. The number of halogens is 6. The highest BCUT2D eigenvalue weighted by molar-refractivity contribution is 7.92. The van der Waals surface area contributed by atoms with Crippen LogP contribution in [-0.2, 0) is 29.5 Å². The van der Waals surface area contributed by atoms with Gasteiger partial charge in [0.05, 0.1) is 24.5 Å². The molecule has 0 aromatic heterocycles. The minimum atomic E-state index is -3.87. The van der Waals surface area contributed by atoms with Crippen molar-refractivity contribution >= 4 is 29.5 Å². The van der Waals surface area contributed by atoms with Crippen molar-refractivity contribution in [2.45, 2.75) is 49.2 Å². The van der Waals surface area contributed by atoms with Crippen LogP contribution in [0.15, 0.2) is 193 Å². The molecule has 0 heterocycles. The van der Waals surface area contributed by atoms with Gasteiger partial charge in [-0.2, -0.15) is 26.3 Å². The van der Waals surface area contributed by atoms with Gasteiger partial charge in [0, 0.05) is 0 Å². The maximum Gasteiger partial charge on any atom is 0.387 e. The lowest BCUT2D eigenvalue weighted by molar-refractivity contribution is -0.0520. The van der Waals surface area contributed by atoms with Gasteiger partial charge in [-0.15, -0.1) is 0 Å². The van der Waals surface area contributed by atoms with Gasteiger partial charge in [0.2, 0.25) is 29.5 Å². The summed E-state index contributed by atoms with van der Waals surface area (Å²) in [5.41, 5.74) is 0. The number of para-hydroxylation sites is 1. The van der Waals surface area contributed by atoms with E-state index in [1.165, 1.54) is 103 Å². The molecule has 6 aromatic carbocycles. The average Bonchev–Trinajstić information content (AvgIpc) is 3.19. The zero-order valence-electron chi connectivity index (χ0n) is 29.0. The number of ether oxygens (including phenoxy) is 3. The molecule has 0 amide bonds. The van der Waals surface area contributed by atoms with E-state index in [-0.39, 0.29) is 46.6 Å². The van der Waals surface area contributed by atoms with Crippen molar-refractivity contribution < 1.29 is 65.8 Å². The van der Waals surface area contributed by atoms with E-state index in [1.807, 2.05) is 0 Å². The summed E-state index contributed by atoms with van der Waals surface area (Å²) in [4.78, 5) is -0.0549. The van der Waals surface area contributed by atoms with Crippen molar-refractivity contribution in [3.63, 3.8) is 0 Å². The highest BCUT2D eigenvalue weighted by Gasteiger charge is 2.23. The predicted molar refractivity (Wildman–Crippen MR) is 195 cm³/mol. The fourth-order valence-electron chi connectivity index (χ4n) is 4.68. The van der Waals surface area contributed by atoms with Gasteiger partial charge in [0.15, 0.2) is 0 Å². The predicted octanol–water partition coefficient (Wildman–Crippen LogP) is 9.36. The second-order valence-corrected chi connectivity index (χ2v) is 16.8. The van der Waals surface area contributed by atoms with Crippen molar-refractivity contribution in [3.05, 3.63) is 164 Å². The first kappa shape index (κ1) is 43.9. The summed E-state index contributed by atoms with van der Waals surface area (Å²) in [7, 11) is -11.2. The molecule has 0 bridgehead atoms. The van der Waals surface area contributed by atoms with E-state index in [2.05, 4.69) is 14.2 Å². The van der Waals surface area contributed by atoms with E-state index in [0.717, 1.165) is 6.07 Å². The molecule has 0 fully saturated rings. The lowest BCUT2D eigenvalue weighted by Gasteiger charge is -2.11. The number of rotatable bonds is 12. The first-order valence-corrected chi connectivity index (χ1v) is 20.5. The standard InChI is InChI=1S/3C13H10F2O3S/c14-13(15)18-10-5-4-8-12(9-10)19(16,17)11-6-2-1-3-7-11;14-13(15)18-11-8-4-5-9-12(11)19(16,17)10-6-2-1-3-7-10;14-13(15)18-10-6-8-12(9-7-10)19(16,17)11-4-2-1-3-5-11/h3*1-9,13H. The largest absolute Gasteiger partial charge is 0.435 e. The summed E-state index contributed by atoms with van der Waals surface area (Å²) in [6.07, 6.45) is 0. The Bertz CT molecular complexity index is 2510. The fourth-order valence-corrected chi connectivity index (χ4v) is 8.69. The number of alkyl halides is 6. The van der Waals surface area contributed by atoms with Crippen LogP contribution in [0.25, 0.3) is 0 Å². The van der Waals surface area contributed by atoms with Gasteiger partial charge in [-0.3, -0.25) is 0 Å². The molecule has 9 nitrogen and oxygen atoms in total. The van der Waals surface area contributed by atoms with Crippen molar-refractivity contribution in [2.24, 2.45) is 0 Å². The molecule has 0 aliphatic heterocycles. The molecule has 0 spiro atoms. The molecule has 6 rings (SSSR count). The summed E-state index contributed by atoms with van der Waals surface area (Å²) in [6, 6.07) is 38.4. The molecule has 0 aliphatic rings. The van der Waals surface area contributed by atoms with Crippen LogP contribution in [0.5, 0.6) is 17.2 Å². The van der Waals surface area contributed by atoms with E-state index in [1.54, 1.807) is 54.6 Å². The topological polar surface area (TPSA) is 130 Å². The van der Waals surface area contributed by atoms with Crippen LogP contribution in [-0.4, -0.2) is 45.1 Å². The number of benzene rings is 6. The van der Waals surface area contributed by atoms with E-state index in [0.29, 0.717) is 0 Å². The smallest absolute Gasteiger partial charge is 0.387 e. The Morgan fingerprint density at radius 1 is 0.333 bits per heavy atom. The third-order valence-corrected chi connectivity index (χ3v) is 12.6. The zero-order chi connectivity index (χ0) is 41.6. The average molecular weight is 853 g/mol. The summed E-state index contributed by atoms with van der Waals surface area (Å²) in [6.45, 7) is -9.00. The molecule has 0 aliphatic carbocycles. The molecule has 0 saturated carbocycles. The minimum absolute atomic E-state index is 0.0281. The Morgan fingerprint density at radius 2 is 0.702 bits per heavy atom. The monoisotopic (exact) mass is 852 g/mol. The van der Waals surface area contributed by atoms with Gasteiger partial charge in [0.1, 0.15) is 22.1 Å². The summed E-state index contributed by atoms with van der Waals surface area (Å²) >= 11 is 0. The van der Waals surface area contributed by atoms with Gasteiger partial charge in [-0.1, -0.05) is 72.8 Å². The first-order valence-electron chi connectivity index (χ1n) is 16.1. The quantitative estimate of drug-likeness (QED) is 0.111. The highest BCUT2D eigenvalue weighted by Crippen LogP contribution is 2.30. The van der Waals surface area contributed by atoms with Crippen LogP contribution in [0, 0.1) is 0 Å². The second-order valence-electron chi connectivity index (χ2n) is 11.0. The van der Waals surface area contributed by atoms with Gasteiger partial charge in [0.25, 0.3) is 0 Å². The Balaban J connectivity index is 0.000000189. The van der Waals surface area contributed by atoms with Crippen LogP contribution in [0.2, 0.25) is 0 Å². The summed E-state index contributed by atoms with van der Waals surface area (Å²) in [5.74, 6) is -0.629. The Morgan fingerprint density at radius 3 is 1.18 bits per heavy atom. The van der Waals surface area contributed by atoms with Gasteiger partial charge in [-0.05, 0) is 91.0 Å². The van der Waals surface area contributed by atoms with E-state index in [9.17, 15) is 51.6 Å². The SMILES string of the molecule is O=S(=O)(c1ccccc1)c1ccc(OC(F)F)cc1.O=S(=O)(c1ccccc1)c1cccc(OC(F)F)c1.O=S(=O)(c1ccccc1)c1ccccc1OC(F)F. The normalized spacial score (nSPS) is 11.5. The lowest BCUT2D eigenvalue weighted by atomic mass is 10.3. The van der Waals surface area contributed by atoms with Crippen molar-refractivity contribution in [2.75, 3.05) is 0 Å². The molecule has 0 atom stereocenters. The third-order valence-electron chi connectivity index (χ3n) is 7.22. The van der Waals surface area contributed by atoms with Crippen molar-refractivity contribution in [3.8, 4) is 17.2 Å². The molecule has 0 radical (unpaired) electrons. The molecular weight excluding hydrogens is 823 g/mol. The van der Waals surface area contributed by atoms with Crippen molar-refractivity contribution in [1.82, 2.24) is 0 Å². The molecular formula is C39H30F6O9S3.